The first-order valence-corrected chi connectivity index (χ1v) is 9.02. The minimum absolute atomic E-state index is 0.00303. The monoisotopic (exact) mass is 342 g/mol. The second kappa shape index (κ2) is 7.62. The van der Waals surface area contributed by atoms with Gasteiger partial charge >= 0.3 is 0 Å². The second-order valence-corrected chi connectivity index (χ2v) is 7.12. The van der Waals surface area contributed by atoms with Crippen LogP contribution in [0.15, 0.2) is 53.4 Å². The molecule has 1 aliphatic heterocycles. The first kappa shape index (κ1) is 16.7. The van der Waals surface area contributed by atoms with E-state index in [1.54, 1.807) is 7.11 Å². The Bertz CT molecular complexity index is 703. The summed E-state index contributed by atoms with van der Waals surface area (Å²) in [4.78, 5) is 15.9. The molecule has 1 atom stereocenters. The van der Waals surface area contributed by atoms with Gasteiger partial charge in [0.1, 0.15) is 5.75 Å². The molecule has 5 heteroatoms. The molecule has 0 aromatic heterocycles. The van der Waals surface area contributed by atoms with E-state index in [9.17, 15) is 4.79 Å². The van der Waals surface area contributed by atoms with E-state index in [0.29, 0.717) is 11.8 Å². The number of anilines is 2. The van der Waals surface area contributed by atoms with Gasteiger partial charge in [-0.2, -0.15) is 0 Å². The maximum atomic E-state index is 12.4. The van der Waals surface area contributed by atoms with Gasteiger partial charge < -0.3 is 15.0 Å². The molecule has 2 aromatic carbocycles. The highest BCUT2D eigenvalue weighted by Crippen LogP contribution is 2.39. The van der Waals surface area contributed by atoms with Gasteiger partial charge in [0.2, 0.25) is 5.91 Å². The van der Waals surface area contributed by atoms with Gasteiger partial charge in [0.25, 0.3) is 0 Å². The zero-order valence-electron chi connectivity index (χ0n) is 14.0. The molecule has 24 heavy (non-hydrogen) atoms. The fourth-order valence-corrected chi connectivity index (χ4v) is 4.04. The Morgan fingerprint density at radius 1 is 1.25 bits per heavy atom. The summed E-state index contributed by atoms with van der Waals surface area (Å²) in [5.74, 6) is 0.775. The topological polar surface area (TPSA) is 41.6 Å². The number of fused-ring (bicyclic) bond motifs is 1. The van der Waals surface area contributed by atoms with Gasteiger partial charge in [-0.05, 0) is 42.8 Å². The molecule has 1 heterocycles. The standard InChI is InChI=1S/C19H22N2O2S/c1-3-16-12-21(17-6-4-5-7-18(17)24-16)13-19(22)20-14-8-10-15(23-2)11-9-14/h4-11,16H,3,12-13H2,1-2H3,(H,20,22)/t16-/m1/s1. The Balaban J connectivity index is 1.69. The van der Waals surface area contributed by atoms with Crippen LogP contribution in [0.2, 0.25) is 0 Å². The van der Waals surface area contributed by atoms with Gasteiger partial charge in [-0.15, -0.1) is 11.8 Å². The van der Waals surface area contributed by atoms with Gasteiger partial charge in [0, 0.05) is 22.4 Å². The third-order valence-corrected chi connectivity index (χ3v) is 5.50. The normalized spacial score (nSPS) is 16.4. The van der Waals surface area contributed by atoms with Crippen molar-refractivity contribution in [1.29, 1.82) is 0 Å². The van der Waals surface area contributed by atoms with Crippen molar-refractivity contribution in [3.8, 4) is 5.75 Å². The molecule has 0 saturated carbocycles. The lowest BCUT2D eigenvalue weighted by Gasteiger charge is -2.34. The number of hydrogen-bond donors (Lipinski definition) is 1. The van der Waals surface area contributed by atoms with Crippen LogP contribution in [0.25, 0.3) is 0 Å². The number of nitrogens with one attached hydrogen (secondary N) is 1. The molecule has 0 aliphatic carbocycles. The van der Waals surface area contributed by atoms with Crippen molar-refractivity contribution in [1.82, 2.24) is 0 Å². The van der Waals surface area contributed by atoms with Gasteiger partial charge in [-0.1, -0.05) is 19.1 Å². The summed E-state index contributed by atoms with van der Waals surface area (Å²) < 4.78 is 5.14. The largest absolute Gasteiger partial charge is 0.497 e. The quantitative estimate of drug-likeness (QED) is 0.891. The van der Waals surface area contributed by atoms with Crippen LogP contribution in [-0.2, 0) is 4.79 Å². The summed E-state index contributed by atoms with van der Waals surface area (Å²) in [6, 6.07) is 15.7. The molecule has 1 aliphatic rings. The maximum Gasteiger partial charge on any atom is 0.243 e. The first-order chi connectivity index (χ1) is 11.7. The number of para-hydroxylation sites is 1. The number of hydrogen-bond acceptors (Lipinski definition) is 4. The number of rotatable bonds is 5. The zero-order valence-corrected chi connectivity index (χ0v) is 14.8. The number of benzene rings is 2. The summed E-state index contributed by atoms with van der Waals surface area (Å²) in [7, 11) is 1.63. The van der Waals surface area contributed by atoms with Crippen LogP contribution >= 0.6 is 11.8 Å². The van der Waals surface area contributed by atoms with E-state index in [-0.39, 0.29) is 5.91 Å². The lowest BCUT2D eigenvalue weighted by atomic mass is 10.2. The van der Waals surface area contributed by atoms with Gasteiger partial charge in [0.15, 0.2) is 0 Å². The number of carbonyl (C=O) groups excluding carboxylic acids is 1. The third-order valence-electron chi connectivity index (χ3n) is 4.09. The van der Waals surface area contributed by atoms with E-state index in [4.69, 9.17) is 4.74 Å². The Labute approximate surface area is 147 Å². The van der Waals surface area contributed by atoms with Crippen LogP contribution in [0, 0.1) is 0 Å². The van der Waals surface area contributed by atoms with Crippen molar-refractivity contribution in [3.05, 3.63) is 48.5 Å². The van der Waals surface area contributed by atoms with Crippen molar-refractivity contribution in [3.63, 3.8) is 0 Å². The van der Waals surface area contributed by atoms with Crippen LogP contribution in [-0.4, -0.2) is 31.4 Å². The van der Waals surface area contributed by atoms with Crippen LogP contribution in [0.4, 0.5) is 11.4 Å². The number of ether oxygens (including phenoxy) is 1. The zero-order chi connectivity index (χ0) is 16.9. The fourth-order valence-electron chi connectivity index (χ4n) is 2.79. The van der Waals surface area contributed by atoms with E-state index in [2.05, 4.69) is 35.3 Å². The van der Waals surface area contributed by atoms with E-state index in [1.807, 2.05) is 42.1 Å². The van der Waals surface area contributed by atoms with Crippen molar-refractivity contribution >= 4 is 29.0 Å². The summed E-state index contributed by atoms with van der Waals surface area (Å²) >= 11 is 1.91. The van der Waals surface area contributed by atoms with Crippen molar-refractivity contribution in [2.24, 2.45) is 0 Å². The first-order valence-electron chi connectivity index (χ1n) is 8.14. The van der Waals surface area contributed by atoms with Crippen molar-refractivity contribution in [2.45, 2.75) is 23.5 Å². The predicted molar refractivity (Wildman–Crippen MR) is 100 cm³/mol. The molecule has 0 spiro atoms. The number of thioether (sulfide) groups is 1. The molecular formula is C19H22N2O2S. The molecule has 0 saturated heterocycles. The highest BCUT2D eigenvalue weighted by Gasteiger charge is 2.25. The Kier molecular flexibility index (Phi) is 5.30. The van der Waals surface area contributed by atoms with Gasteiger partial charge in [-0.25, -0.2) is 0 Å². The van der Waals surface area contributed by atoms with Crippen LogP contribution in [0.3, 0.4) is 0 Å². The fraction of sp³-hybridized carbons (Fsp3) is 0.316. The Morgan fingerprint density at radius 3 is 2.71 bits per heavy atom. The predicted octanol–water partition coefficient (Wildman–Crippen LogP) is 4.02. The van der Waals surface area contributed by atoms with Gasteiger partial charge in [0.05, 0.1) is 19.3 Å². The molecule has 0 bridgehead atoms. The highest BCUT2D eigenvalue weighted by molar-refractivity contribution is 8.00. The molecule has 0 radical (unpaired) electrons. The lowest BCUT2D eigenvalue weighted by Crippen LogP contribution is -2.40. The molecule has 126 valence electrons. The van der Waals surface area contributed by atoms with E-state index >= 15 is 0 Å². The highest BCUT2D eigenvalue weighted by atomic mass is 32.2. The van der Waals surface area contributed by atoms with E-state index in [1.165, 1.54) is 4.90 Å². The molecular weight excluding hydrogens is 320 g/mol. The van der Waals surface area contributed by atoms with Crippen LogP contribution in [0.5, 0.6) is 5.75 Å². The minimum atomic E-state index is -0.00303. The van der Waals surface area contributed by atoms with E-state index < -0.39 is 0 Å². The number of methoxy groups -OCH3 is 1. The molecule has 0 unspecified atom stereocenters. The summed E-state index contributed by atoms with van der Waals surface area (Å²) in [6.07, 6.45) is 1.09. The average molecular weight is 342 g/mol. The molecule has 0 fully saturated rings. The van der Waals surface area contributed by atoms with Crippen molar-refractivity contribution < 1.29 is 9.53 Å². The van der Waals surface area contributed by atoms with Crippen LogP contribution < -0.4 is 15.0 Å². The Morgan fingerprint density at radius 2 is 2.00 bits per heavy atom. The Hall–Kier alpha value is -2.14. The summed E-state index contributed by atoms with van der Waals surface area (Å²) in [6.45, 7) is 3.45. The maximum absolute atomic E-state index is 12.4. The molecule has 2 aromatic rings. The second-order valence-electron chi connectivity index (χ2n) is 5.77. The lowest BCUT2D eigenvalue weighted by molar-refractivity contribution is -0.115. The number of nitrogens with zero attached hydrogens (tertiary/aromatic N) is 1. The number of amides is 1. The smallest absolute Gasteiger partial charge is 0.243 e. The summed E-state index contributed by atoms with van der Waals surface area (Å²) in [5, 5.41) is 3.48. The molecule has 4 nitrogen and oxygen atoms in total. The van der Waals surface area contributed by atoms with Gasteiger partial charge in [-0.3, -0.25) is 4.79 Å². The minimum Gasteiger partial charge on any atom is -0.497 e. The van der Waals surface area contributed by atoms with Crippen LogP contribution in [0.1, 0.15) is 13.3 Å². The summed E-state index contributed by atoms with van der Waals surface area (Å²) in [5.41, 5.74) is 1.93. The average Bonchev–Trinajstić information content (AvgIpc) is 2.62. The third kappa shape index (κ3) is 3.85. The molecule has 1 N–H and O–H groups in total. The molecule has 1 amide bonds. The molecule has 3 rings (SSSR count). The SMILES string of the molecule is CC[C@@H]1CN(CC(=O)Nc2ccc(OC)cc2)c2ccccc2S1. The number of carbonyl (C=O) groups is 1. The van der Waals surface area contributed by atoms with Crippen molar-refractivity contribution in [2.75, 3.05) is 30.4 Å². The van der Waals surface area contributed by atoms with E-state index in [0.717, 1.165) is 30.1 Å².